The second-order valence-corrected chi connectivity index (χ2v) is 8.08. The van der Waals surface area contributed by atoms with Gasteiger partial charge in [-0.3, -0.25) is 9.69 Å². The van der Waals surface area contributed by atoms with Crippen LogP contribution in [0.5, 0.6) is 0 Å². The highest BCUT2D eigenvalue weighted by atomic mass is 19.1. The molecule has 2 rings (SSSR count). The smallest absolute Gasteiger partial charge is 0.225 e. The number of amides is 1. The molecule has 1 aromatic rings. The molecule has 0 unspecified atom stereocenters. The van der Waals surface area contributed by atoms with Crippen molar-refractivity contribution in [1.82, 2.24) is 14.7 Å². The van der Waals surface area contributed by atoms with E-state index in [4.69, 9.17) is 0 Å². The molecule has 1 aliphatic heterocycles. The van der Waals surface area contributed by atoms with E-state index >= 15 is 0 Å². The summed E-state index contributed by atoms with van der Waals surface area (Å²) in [6.07, 6.45) is 2.24. The van der Waals surface area contributed by atoms with Crippen LogP contribution in [0.3, 0.4) is 0 Å². The highest BCUT2D eigenvalue weighted by Gasteiger charge is 2.25. The van der Waals surface area contributed by atoms with E-state index in [0.717, 1.165) is 51.1 Å². The lowest BCUT2D eigenvalue weighted by molar-refractivity contribution is -0.135. The Bertz CT molecular complexity index is 576. The molecule has 1 aromatic carbocycles. The van der Waals surface area contributed by atoms with Gasteiger partial charge in [-0.2, -0.15) is 0 Å². The molecule has 0 N–H and O–H groups in total. The lowest BCUT2D eigenvalue weighted by atomic mass is 9.96. The first-order valence-electron chi connectivity index (χ1n) is 9.76. The summed E-state index contributed by atoms with van der Waals surface area (Å²) >= 11 is 0. The second kappa shape index (κ2) is 10.0. The van der Waals surface area contributed by atoms with Crippen molar-refractivity contribution in [3.63, 3.8) is 0 Å². The van der Waals surface area contributed by atoms with E-state index in [1.165, 1.54) is 6.07 Å². The first-order chi connectivity index (χ1) is 12.4. The second-order valence-electron chi connectivity index (χ2n) is 8.08. The van der Waals surface area contributed by atoms with Gasteiger partial charge in [0.05, 0.1) is 0 Å². The lowest BCUT2D eigenvalue weighted by Crippen LogP contribution is -2.45. The Morgan fingerprint density at radius 1 is 1.27 bits per heavy atom. The number of likely N-dealkylation sites (tertiary alicyclic amines) is 1. The first kappa shape index (κ1) is 20.8. The Morgan fingerprint density at radius 3 is 2.65 bits per heavy atom. The molecule has 0 aromatic heterocycles. The molecular weight excluding hydrogens is 329 g/mol. The Labute approximate surface area is 158 Å². The summed E-state index contributed by atoms with van der Waals surface area (Å²) in [6, 6.07) is 7.02. The van der Waals surface area contributed by atoms with Crippen LogP contribution in [-0.4, -0.2) is 67.4 Å². The summed E-state index contributed by atoms with van der Waals surface area (Å²) < 4.78 is 13.9. The Balaban J connectivity index is 1.95. The minimum absolute atomic E-state index is 0.0234. The van der Waals surface area contributed by atoms with E-state index in [1.54, 1.807) is 6.07 Å². The highest BCUT2D eigenvalue weighted by Crippen LogP contribution is 2.21. The zero-order valence-electron chi connectivity index (χ0n) is 16.7. The molecule has 4 nitrogen and oxygen atoms in total. The predicted octanol–water partition coefficient (Wildman–Crippen LogP) is 3.08. The molecule has 1 atom stereocenters. The van der Waals surface area contributed by atoms with Crippen molar-refractivity contribution in [3.05, 3.63) is 35.6 Å². The average molecular weight is 364 g/mol. The molecule has 0 saturated carbocycles. The largest absolute Gasteiger partial charge is 0.341 e. The molecule has 26 heavy (non-hydrogen) atoms. The molecule has 0 aliphatic carbocycles. The summed E-state index contributed by atoms with van der Waals surface area (Å²) in [5.74, 6) is 0.589. The summed E-state index contributed by atoms with van der Waals surface area (Å²) in [5, 5.41) is 0. The Kier molecular flexibility index (Phi) is 8.04. The third-order valence-corrected chi connectivity index (χ3v) is 5.06. The number of piperidine rings is 1. The lowest BCUT2D eigenvalue weighted by Gasteiger charge is -2.36. The van der Waals surface area contributed by atoms with Gasteiger partial charge in [-0.05, 0) is 45.5 Å². The maximum atomic E-state index is 13.9. The predicted molar refractivity (Wildman–Crippen MR) is 104 cm³/mol. The van der Waals surface area contributed by atoms with Gasteiger partial charge in [-0.25, -0.2) is 4.39 Å². The van der Waals surface area contributed by atoms with Crippen molar-refractivity contribution in [2.45, 2.75) is 33.2 Å². The fourth-order valence-corrected chi connectivity index (χ4v) is 3.60. The van der Waals surface area contributed by atoms with Gasteiger partial charge in [-0.1, -0.05) is 32.0 Å². The van der Waals surface area contributed by atoms with Crippen molar-refractivity contribution in [2.24, 2.45) is 11.8 Å². The van der Waals surface area contributed by atoms with Gasteiger partial charge in [0.1, 0.15) is 5.82 Å². The number of hydrogen-bond donors (Lipinski definition) is 0. The monoisotopic (exact) mass is 363 g/mol. The standard InChI is InChI=1S/C21H34FN3O/c1-17(2)21(26)25(13-12-23(3)4)15-18-8-7-11-24(14-18)16-19-9-5-6-10-20(19)22/h5-6,9-10,17-18H,7-8,11-16H2,1-4H3/t18-/m0/s1. The van der Waals surface area contributed by atoms with E-state index in [9.17, 15) is 9.18 Å². The Morgan fingerprint density at radius 2 is 2.00 bits per heavy atom. The van der Waals surface area contributed by atoms with Gasteiger partial charge in [0, 0.05) is 44.2 Å². The molecule has 1 heterocycles. The average Bonchev–Trinajstić information content (AvgIpc) is 2.60. The number of rotatable bonds is 8. The van der Waals surface area contributed by atoms with Gasteiger partial charge in [-0.15, -0.1) is 0 Å². The van der Waals surface area contributed by atoms with Crippen LogP contribution in [0.15, 0.2) is 24.3 Å². The molecule has 5 heteroatoms. The maximum Gasteiger partial charge on any atom is 0.225 e. The SMILES string of the molecule is CC(C)C(=O)N(CCN(C)C)C[C@H]1CCCN(Cc2ccccc2F)C1. The molecule has 1 fully saturated rings. The number of likely N-dealkylation sites (N-methyl/N-ethyl adjacent to an activating group) is 1. The summed E-state index contributed by atoms with van der Waals surface area (Å²) in [4.78, 5) is 19.1. The topological polar surface area (TPSA) is 26.8 Å². The third-order valence-electron chi connectivity index (χ3n) is 5.06. The maximum absolute atomic E-state index is 13.9. The van der Waals surface area contributed by atoms with E-state index in [-0.39, 0.29) is 17.6 Å². The number of benzene rings is 1. The summed E-state index contributed by atoms with van der Waals surface area (Å²) in [7, 11) is 4.07. The molecular formula is C21H34FN3O. The van der Waals surface area contributed by atoms with Crippen LogP contribution >= 0.6 is 0 Å². The van der Waals surface area contributed by atoms with Crippen LogP contribution in [0.25, 0.3) is 0 Å². The van der Waals surface area contributed by atoms with Crippen LogP contribution < -0.4 is 0 Å². The molecule has 1 aliphatic rings. The van der Waals surface area contributed by atoms with Crippen LogP contribution in [0.4, 0.5) is 4.39 Å². The fraction of sp³-hybridized carbons (Fsp3) is 0.667. The fourth-order valence-electron chi connectivity index (χ4n) is 3.60. The molecule has 1 amide bonds. The zero-order chi connectivity index (χ0) is 19.1. The van der Waals surface area contributed by atoms with Crippen molar-refractivity contribution < 1.29 is 9.18 Å². The number of hydrogen-bond acceptors (Lipinski definition) is 3. The number of halogens is 1. The molecule has 0 radical (unpaired) electrons. The highest BCUT2D eigenvalue weighted by molar-refractivity contribution is 5.78. The van der Waals surface area contributed by atoms with Crippen molar-refractivity contribution in [2.75, 3.05) is 46.8 Å². The van der Waals surface area contributed by atoms with E-state index in [2.05, 4.69) is 9.80 Å². The number of carbonyl (C=O) groups is 1. The number of carbonyl (C=O) groups excluding carboxylic acids is 1. The normalized spacial score (nSPS) is 18.5. The first-order valence-corrected chi connectivity index (χ1v) is 9.76. The van der Waals surface area contributed by atoms with Gasteiger partial charge < -0.3 is 9.80 Å². The van der Waals surface area contributed by atoms with Crippen LogP contribution in [0, 0.1) is 17.7 Å². The van der Waals surface area contributed by atoms with Crippen molar-refractivity contribution in [1.29, 1.82) is 0 Å². The molecule has 146 valence electrons. The van der Waals surface area contributed by atoms with Crippen LogP contribution in [0.2, 0.25) is 0 Å². The molecule has 0 spiro atoms. The van der Waals surface area contributed by atoms with E-state index in [0.29, 0.717) is 12.5 Å². The van der Waals surface area contributed by atoms with Crippen LogP contribution in [-0.2, 0) is 11.3 Å². The minimum Gasteiger partial charge on any atom is -0.341 e. The van der Waals surface area contributed by atoms with Gasteiger partial charge >= 0.3 is 0 Å². The molecule has 0 bridgehead atoms. The summed E-state index contributed by atoms with van der Waals surface area (Å²) in [6.45, 7) is 8.97. The summed E-state index contributed by atoms with van der Waals surface area (Å²) in [5.41, 5.74) is 0.760. The number of nitrogens with zero attached hydrogens (tertiary/aromatic N) is 3. The van der Waals surface area contributed by atoms with Gasteiger partial charge in [0.25, 0.3) is 0 Å². The van der Waals surface area contributed by atoms with Crippen molar-refractivity contribution >= 4 is 5.91 Å². The van der Waals surface area contributed by atoms with Gasteiger partial charge in [0.2, 0.25) is 5.91 Å². The Hall–Kier alpha value is -1.46. The van der Waals surface area contributed by atoms with E-state index < -0.39 is 0 Å². The van der Waals surface area contributed by atoms with Crippen LogP contribution in [0.1, 0.15) is 32.3 Å². The minimum atomic E-state index is -0.128. The quantitative estimate of drug-likeness (QED) is 0.710. The zero-order valence-corrected chi connectivity index (χ0v) is 16.7. The van der Waals surface area contributed by atoms with Crippen molar-refractivity contribution in [3.8, 4) is 0 Å². The van der Waals surface area contributed by atoms with E-state index in [1.807, 2.05) is 45.0 Å². The third kappa shape index (κ3) is 6.36. The van der Waals surface area contributed by atoms with Gasteiger partial charge in [0.15, 0.2) is 0 Å². The molecule has 1 saturated heterocycles.